The van der Waals surface area contributed by atoms with Gasteiger partial charge in [0.1, 0.15) is 0 Å². The average Bonchev–Trinajstić information content (AvgIpc) is 2.74. The third kappa shape index (κ3) is 3.40. The summed E-state index contributed by atoms with van der Waals surface area (Å²) in [4.78, 5) is 14.6. The first-order valence-electron chi connectivity index (χ1n) is 10.6. The maximum absolute atomic E-state index is 13.4. The summed E-state index contributed by atoms with van der Waals surface area (Å²) in [5, 5.41) is 14.7. The molecule has 2 fully saturated rings. The van der Waals surface area contributed by atoms with Crippen molar-refractivity contribution in [3.8, 4) is 0 Å². The molecule has 168 valence electrons. The van der Waals surface area contributed by atoms with E-state index < -0.39 is 17.3 Å². The minimum absolute atomic E-state index is 0.0135. The van der Waals surface area contributed by atoms with E-state index >= 15 is 0 Å². The van der Waals surface area contributed by atoms with Gasteiger partial charge in [-0.15, -0.1) is 0 Å². The molecule has 2 aliphatic heterocycles. The van der Waals surface area contributed by atoms with E-state index in [1.807, 2.05) is 6.07 Å². The Morgan fingerprint density at radius 3 is 2.50 bits per heavy atom. The predicted octanol–water partition coefficient (Wildman–Crippen LogP) is 4.14. The molecule has 3 aliphatic rings. The third-order valence-electron chi connectivity index (χ3n) is 6.55. The maximum atomic E-state index is 13.4. The van der Waals surface area contributed by atoms with E-state index in [1.54, 1.807) is 18.2 Å². The number of rotatable bonds is 3. The van der Waals surface area contributed by atoms with Crippen molar-refractivity contribution in [1.29, 1.82) is 5.41 Å². The lowest BCUT2D eigenvalue weighted by Crippen LogP contribution is -2.66. The lowest BCUT2D eigenvalue weighted by atomic mass is 9.67. The maximum Gasteiger partial charge on any atom is 0.418 e. The lowest BCUT2D eigenvalue weighted by molar-refractivity contribution is -0.137. The molecular weight excluding hydrogens is 421 g/mol. The Bertz CT molecular complexity index is 1060. The highest BCUT2D eigenvalue weighted by molar-refractivity contribution is 6.00. The highest BCUT2D eigenvalue weighted by Crippen LogP contribution is 2.48. The van der Waals surface area contributed by atoms with Crippen LogP contribution in [0.5, 0.6) is 0 Å². The van der Waals surface area contributed by atoms with Crippen LogP contribution in [-0.4, -0.2) is 36.0 Å². The van der Waals surface area contributed by atoms with Gasteiger partial charge in [0, 0.05) is 31.4 Å². The van der Waals surface area contributed by atoms with E-state index in [-0.39, 0.29) is 30.0 Å². The second-order valence-electron chi connectivity index (χ2n) is 8.52. The number of hydrogen-bond acceptors (Lipinski definition) is 4. The Hall–Kier alpha value is -3.07. The van der Waals surface area contributed by atoms with Crippen LogP contribution in [0.1, 0.15) is 36.0 Å². The van der Waals surface area contributed by atoms with E-state index in [0.29, 0.717) is 38.2 Å². The second-order valence-corrected chi connectivity index (χ2v) is 8.52. The van der Waals surface area contributed by atoms with Crippen LogP contribution in [-0.2, 0) is 27.7 Å². The van der Waals surface area contributed by atoms with Crippen molar-refractivity contribution in [2.24, 2.45) is 0 Å². The van der Waals surface area contributed by atoms with Crippen LogP contribution in [0.4, 0.5) is 24.5 Å². The third-order valence-corrected chi connectivity index (χ3v) is 6.55. The van der Waals surface area contributed by atoms with Gasteiger partial charge in [-0.25, -0.2) is 0 Å². The molecule has 6 nitrogen and oxygen atoms in total. The fourth-order valence-corrected chi connectivity index (χ4v) is 5.02. The van der Waals surface area contributed by atoms with E-state index in [9.17, 15) is 18.0 Å². The van der Waals surface area contributed by atoms with Crippen LogP contribution in [0.25, 0.3) is 0 Å². The number of anilines is 2. The molecule has 1 amide bonds. The van der Waals surface area contributed by atoms with E-state index in [4.69, 9.17) is 10.1 Å². The first-order valence-corrected chi connectivity index (χ1v) is 10.6. The van der Waals surface area contributed by atoms with Gasteiger partial charge in [0.25, 0.3) is 0 Å². The highest BCUT2D eigenvalue weighted by Gasteiger charge is 2.51. The van der Waals surface area contributed by atoms with Gasteiger partial charge in [0.05, 0.1) is 23.2 Å². The van der Waals surface area contributed by atoms with Gasteiger partial charge in [-0.2, -0.15) is 13.2 Å². The zero-order valence-corrected chi connectivity index (χ0v) is 17.3. The number of para-hydroxylation sites is 1. The van der Waals surface area contributed by atoms with Crippen LogP contribution < -0.4 is 10.6 Å². The number of nitrogens with one attached hydrogen (secondary N) is 3. The number of carbonyl (C=O) groups is 1. The minimum atomic E-state index is -4.47. The number of nitrogens with zero attached hydrogens (tertiary/aromatic N) is 1. The molecule has 5 rings (SSSR count). The first kappa shape index (κ1) is 20.8. The van der Waals surface area contributed by atoms with E-state index in [0.717, 1.165) is 17.2 Å². The molecule has 2 heterocycles. The summed E-state index contributed by atoms with van der Waals surface area (Å²) in [7, 11) is 0. The Balaban J connectivity index is 1.40. The zero-order valence-electron chi connectivity index (χ0n) is 17.3. The Kier molecular flexibility index (Phi) is 4.88. The summed E-state index contributed by atoms with van der Waals surface area (Å²) in [5.74, 6) is -0.0216. The smallest absolute Gasteiger partial charge is 0.381 e. The van der Waals surface area contributed by atoms with Crippen molar-refractivity contribution in [3.05, 3.63) is 59.2 Å². The number of carbonyl (C=O) groups excluding carboxylic acids is 1. The molecular formula is C23H23F3N4O2. The molecule has 0 aromatic heterocycles. The van der Waals surface area contributed by atoms with Gasteiger partial charge in [-0.3, -0.25) is 15.1 Å². The fraction of sp³-hybridized carbons (Fsp3) is 0.391. The summed E-state index contributed by atoms with van der Waals surface area (Å²) in [6.07, 6.45) is -2.40. The SMILES string of the molecule is N=C1N[C@]2(CC(=O)N1C1CCOCC1)Cc1c(Nc3ccccc3C(F)(F)F)cccc12. The highest BCUT2D eigenvalue weighted by atomic mass is 19.4. The van der Waals surface area contributed by atoms with Crippen molar-refractivity contribution < 1.29 is 22.7 Å². The largest absolute Gasteiger partial charge is 0.418 e. The number of benzene rings is 2. The van der Waals surface area contributed by atoms with Crippen molar-refractivity contribution >= 4 is 23.2 Å². The molecule has 0 bridgehead atoms. The van der Waals surface area contributed by atoms with Crippen molar-refractivity contribution in [2.75, 3.05) is 18.5 Å². The standard InChI is InChI=1S/C23H23F3N4O2/c24-23(25,26)17-4-1-2-6-19(17)28-18-7-3-5-16-15(18)12-22(16)13-20(31)30(21(27)29-22)14-8-10-32-11-9-14/h1-7,14,28H,8-13H2,(H2,27,29)/t22-/m0/s1. The van der Waals surface area contributed by atoms with Crippen LogP contribution in [0.3, 0.4) is 0 Å². The lowest BCUT2D eigenvalue weighted by Gasteiger charge is -2.51. The predicted molar refractivity (Wildman–Crippen MR) is 113 cm³/mol. The van der Waals surface area contributed by atoms with Gasteiger partial charge >= 0.3 is 6.18 Å². The van der Waals surface area contributed by atoms with Gasteiger partial charge in [-0.1, -0.05) is 24.3 Å². The quantitative estimate of drug-likeness (QED) is 0.665. The number of ether oxygens (including phenoxy) is 1. The molecule has 1 aliphatic carbocycles. The van der Waals surface area contributed by atoms with Gasteiger partial charge < -0.3 is 15.4 Å². The molecule has 9 heteroatoms. The number of alkyl halides is 3. The normalized spacial score (nSPS) is 23.5. The molecule has 0 radical (unpaired) electrons. The van der Waals surface area contributed by atoms with Gasteiger partial charge in [0.2, 0.25) is 5.91 Å². The summed E-state index contributed by atoms with van der Waals surface area (Å²) in [6, 6.07) is 10.7. The summed E-state index contributed by atoms with van der Waals surface area (Å²) >= 11 is 0. The number of guanidine groups is 1. The van der Waals surface area contributed by atoms with Crippen molar-refractivity contribution in [2.45, 2.75) is 43.4 Å². The number of amides is 1. The molecule has 0 saturated carbocycles. The van der Waals surface area contributed by atoms with Crippen LogP contribution in [0.15, 0.2) is 42.5 Å². The van der Waals surface area contributed by atoms with Gasteiger partial charge in [0.15, 0.2) is 5.96 Å². The van der Waals surface area contributed by atoms with Crippen LogP contribution in [0, 0.1) is 5.41 Å². The molecule has 32 heavy (non-hydrogen) atoms. The molecule has 3 N–H and O–H groups in total. The topological polar surface area (TPSA) is 77.5 Å². The fourth-order valence-electron chi connectivity index (χ4n) is 5.02. The molecule has 0 unspecified atom stereocenters. The van der Waals surface area contributed by atoms with E-state index in [2.05, 4.69) is 10.6 Å². The summed E-state index contributed by atoms with van der Waals surface area (Å²) in [5.41, 5.74) is 0.852. The number of halogens is 3. The van der Waals surface area contributed by atoms with Crippen molar-refractivity contribution in [1.82, 2.24) is 10.2 Å². The average molecular weight is 444 g/mol. The Morgan fingerprint density at radius 1 is 1.06 bits per heavy atom. The Labute approximate surface area is 183 Å². The summed E-state index contributed by atoms with van der Waals surface area (Å²) < 4.78 is 45.5. The van der Waals surface area contributed by atoms with Crippen LogP contribution in [0.2, 0.25) is 0 Å². The van der Waals surface area contributed by atoms with E-state index in [1.165, 1.54) is 17.0 Å². The van der Waals surface area contributed by atoms with Crippen molar-refractivity contribution in [3.63, 3.8) is 0 Å². The molecule has 2 aromatic carbocycles. The molecule has 2 saturated heterocycles. The number of fused-ring (bicyclic) bond motifs is 2. The monoisotopic (exact) mass is 444 g/mol. The van der Waals surface area contributed by atoms with Crippen LogP contribution >= 0.6 is 0 Å². The minimum Gasteiger partial charge on any atom is -0.381 e. The Morgan fingerprint density at radius 2 is 1.78 bits per heavy atom. The number of hydrogen-bond donors (Lipinski definition) is 3. The molecule has 2 aromatic rings. The van der Waals surface area contributed by atoms with Gasteiger partial charge in [-0.05, 0) is 42.2 Å². The molecule has 1 atom stereocenters. The first-order chi connectivity index (χ1) is 15.3. The molecule has 1 spiro atoms. The summed E-state index contributed by atoms with van der Waals surface area (Å²) in [6.45, 7) is 1.15. The second kappa shape index (κ2) is 7.51. The zero-order chi connectivity index (χ0) is 22.5.